The Morgan fingerprint density at radius 3 is 2.88 bits per heavy atom. The van der Waals surface area contributed by atoms with Crippen LogP contribution in [0.3, 0.4) is 0 Å². The van der Waals surface area contributed by atoms with Crippen LogP contribution in [0, 0.1) is 0 Å². The van der Waals surface area contributed by atoms with Crippen LogP contribution in [0.1, 0.15) is 27.9 Å². The minimum atomic E-state index is 0.110. The summed E-state index contributed by atoms with van der Waals surface area (Å²) in [6.45, 7) is 0.503. The number of hydrogen-bond acceptors (Lipinski definition) is 3. The van der Waals surface area contributed by atoms with Crippen molar-refractivity contribution in [3.63, 3.8) is 0 Å². The normalized spacial score (nSPS) is 17.6. The molecule has 1 aliphatic heterocycles. The zero-order chi connectivity index (χ0) is 16.5. The summed E-state index contributed by atoms with van der Waals surface area (Å²) in [5.74, 6) is 1.81. The van der Waals surface area contributed by atoms with Gasteiger partial charge in [-0.3, -0.25) is 4.79 Å². The van der Waals surface area contributed by atoms with Crippen molar-refractivity contribution in [1.29, 1.82) is 0 Å². The lowest BCUT2D eigenvalue weighted by Crippen LogP contribution is -2.15. The SMILES string of the molecule is COc1ccc2c(c1)CC/C(=C/C1=Cc3ccccc3OC1)C2=O. The van der Waals surface area contributed by atoms with Crippen molar-refractivity contribution in [2.45, 2.75) is 12.8 Å². The first-order valence-electron chi connectivity index (χ1n) is 8.09. The lowest BCUT2D eigenvalue weighted by Gasteiger charge is -2.20. The van der Waals surface area contributed by atoms with Crippen LogP contribution < -0.4 is 9.47 Å². The van der Waals surface area contributed by atoms with E-state index in [2.05, 4.69) is 6.08 Å². The van der Waals surface area contributed by atoms with Crippen molar-refractivity contribution in [3.05, 3.63) is 76.4 Å². The van der Waals surface area contributed by atoms with Gasteiger partial charge in [-0.05, 0) is 60.4 Å². The number of ketones is 1. The number of para-hydroxylation sites is 1. The van der Waals surface area contributed by atoms with Crippen molar-refractivity contribution in [3.8, 4) is 11.5 Å². The molecule has 2 aromatic carbocycles. The summed E-state index contributed by atoms with van der Waals surface area (Å²) >= 11 is 0. The highest BCUT2D eigenvalue weighted by Gasteiger charge is 2.23. The number of benzene rings is 2. The first kappa shape index (κ1) is 14.8. The molecule has 0 saturated heterocycles. The maximum Gasteiger partial charge on any atom is 0.189 e. The van der Waals surface area contributed by atoms with E-state index in [1.54, 1.807) is 7.11 Å². The molecule has 2 aromatic rings. The third-order valence-electron chi connectivity index (χ3n) is 4.53. The van der Waals surface area contributed by atoms with E-state index >= 15 is 0 Å². The van der Waals surface area contributed by atoms with Gasteiger partial charge in [-0.2, -0.15) is 0 Å². The molecule has 3 heteroatoms. The number of allylic oxidation sites excluding steroid dienone is 1. The topological polar surface area (TPSA) is 35.5 Å². The third-order valence-corrected chi connectivity index (χ3v) is 4.53. The van der Waals surface area contributed by atoms with Gasteiger partial charge in [0.2, 0.25) is 0 Å². The fourth-order valence-corrected chi connectivity index (χ4v) is 3.26. The minimum absolute atomic E-state index is 0.110. The van der Waals surface area contributed by atoms with Gasteiger partial charge < -0.3 is 9.47 Å². The number of aryl methyl sites for hydroxylation is 1. The number of carbonyl (C=O) groups excluding carboxylic acids is 1. The molecule has 0 amide bonds. The monoisotopic (exact) mass is 318 g/mol. The number of hydrogen-bond donors (Lipinski definition) is 0. The Morgan fingerprint density at radius 2 is 2.00 bits per heavy atom. The van der Waals surface area contributed by atoms with Gasteiger partial charge in [-0.25, -0.2) is 0 Å². The van der Waals surface area contributed by atoms with Gasteiger partial charge in [0.15, 0.2) is 5.78 Å². The summed E-state index contributed by atoms with van der Waals surface area (Å²) < 4.78 is 11.0. The Hall–Kier alpha value is -2.81. The van der Waals surface area contributed by atoms with Crippen LogP contribution in [0.25, 0.3) is 6.08 Å². The Kier molecular flexibility index (Phi) is 3.69. The van der Waals surface area contributed by atoms with Gasteiger partial charge in [0, 0.05) is 16.7 Å². The molecule has 1 heterocycles. The first-order valence-corrected chi connectivity index (χ1v) is 8.09. The molecule has 2 aliphatic rings. The summed E-state index contributed by atoms with van der Waals surface area (Å²) in [4.78, 5) is 12.8. The van der Waals surface area contributed by atoms with Gasteiger partial charge in [0.1, 0.15) is 18.1 Å². The maximum atomic E-state index is 12.8. The summed E-state index contributed by atoms with van der Waals surface area (Å²) in [7, 11) is 1.64. The number of rotatable bonds is 2. The predicted octanol–water partition coefficient (Wildman–Crippen LogP) is 4.23. The highest BCUT2D eigenvalue weighted by atomic mass is 16.5. The molecule has 0 unspecified atom stereocenters. The van der Waals surface area contributed by atoms with Crippen molar-refractivity contribution in [2.24, 2.45) is 0 Å². The molecule has 1 aliphatic carbocycles. The standard InChI is InChI=1S/C21H18O3/c1-23-18-8-9-19-15(12-18)6-7-17(21(19)22)11-14-10-16-4-2-3-5-20(16)24-13-14/h2-5,8-12H,6-7,13H2,1H3/b17-11-. The Morgan fingerprint density at radius 1 is 1.12 bits per heavy atom. The van der Waals surface area contributed by atoms with E-state index in [1.807, 2.05) is 48.5 Å². The molecule has 0 bridgehead atoms. The molecule has 3 nitrogen and oxygen atoms in total. The van der Waals surface area contributed by atoms with Crippen LogP contribution >= 0.6 is 0 Å². The molecule has 0 spiro atoms. The molecule has 0 fully saturated rings. The number of fused-ring (bicyclic) bond motifs is 2. The van der Waals surface area contributed by atoms with Gasteiger partial charge in [0.25, 0.3) is 0 Å². The van der Waals surface area contributed by atoms with E-state index in [0.717, 1.165) is 52.2 Å². The number of carbonyl (C=O) groups is 1. The third kappa shape index (κ3) is 2.62. The fourth-order valence-electron chi connectivity index (χ4n) is 3.26. The first-order chi connectivity index (χ1) is 11.7. The maximum absolute atomic E-state index is 12.8. The van der Waals surface area contributed by atoms with Gasteiger partial charge in [-0.15, -0.1) is 0 Å². The lowest BCUT2D eigenvalue weighted by atomic mass is 9.85. The second-order valence-electron chi connectivity index (χ2n) is 6.07. The van der Waals surface area contributed by atoms with Crippen molar-refractivity contribution in [2.75, 3.05) is 13.7 Å². The molecular weight excluding hydrogens is 300 g/mol. The van der Waals surface area contributed by atoms with Crippen molar-refractivity contribution in [1.82, 2.24) is 0 Å². The molecule has 24 heavy (non-hydrogen) atoms. The molecule has 0 radical (unpaired) electrons. The minimum Gasteiger partial charge on any atom is -0.497 e. The number of Topliss-reactive ketones (excluding diaryl/α,β-unsaturated/α-hetero) is 1. The van der Waals surface area contributed by atoms with Gasteiger partial charge >= 0.3 is 0 Å². The molecule has 4 rings (SSSR count). The Bertz CT molecular complexity index is 874. The van der Waals surface area contributed by atoms with Crippen LogP contribution in [-0.2, 0) is 6.42 Å². The van der Waals surface area contributed by atoms with Crippen LogP contribution in [0.4, 0.5) is 0 Å². The van der Waals surface area contributed by atoms with Gasteiger partial charge in [0.05, 0.1) is 7.11 Å². The zero-order valence-corrected chi connectivity index (χ0v) is 13.5. The quantitative estimate of drug-likeness (QED) is 0.778. The average Bonchev–Trinajstić information content (AvgIpc) is 2.63. The van der Waals surface area contributed by atoms with E-state index in [-0.39, 0.29) is 5.78 Å². The molecule has 120 valence electrons. The van der Waals surface area contributed by atoms with Crippen molar-refractivity contribution < 1.29 is 14.3 Å². The highest BCUT2D eigenvalue weighted by Crippen LogP contribution is 2.31. The van der Waals surface area contributed by atoms with Crippen molar-refractivity contribution >= 4 is 11.9 Å². The average molecular weight is 318 g/mol. The van der Waals surface area contributed by atoms with E-state index in [1.165, 1.54) is 0 Å². The summed E-state index contributed by atoms with van der Waals surface area (Å²) in [6, 6.07) is 13.6. The zero-order valence-electron chi connectivity index (χ0n) is 13.5. The Labute approximate surface area is 141 Å². The fraction of sp³-hybridized carbons (Fsp3) is 0.190. The van der Waals surface area contributed by atoms with Crippen LogP contribution in [0.5, 0.6) is 11.5 Å². The summed E-state index contributed by atoms with van der Waals surface area (Å²) in [5, 5.41) is 0. The predicted molar refractivity (Wildman–Crippen MR) is 93.6 cm³/mol. The molecule has 0 atom stereocenters. The second kappa shape index (κ2) is 6.00. The molecule has 0 N–H and O–H groups in total. The summed E-state index contributed by atoms with van der Waals surface area (Å²) in [5.41, 5.74) is 4.79. The van der Waals surface area contributed by atoms with E-state index in [0.29, 0.717) is 6.61 Å². The van der Waals surface area contributed by atoms with E-state index < -0.39 is 0 Å². The number of ether oxygens (including phenoxy) is 2. The smallest absolute Gasteiger partial charge is 0.189 e. The molecular formula is C21H18O3. The van der Waals surface area contributed by atoms with Crippen LogP contribution in [0.2, 0.25) is 0 Å². The summed E-state index contributed by atoms with van der Waals surface area (Å²) in [6.07, 6.45) is 5.70. The van der Waals surface area contributed by atoms with Gasteiger partial charge in [-0.1, -0.05) is 18.2 Å². The molecule has 0 saturated carbocycles. The highest BCUT2D eigenvalue weighted by molar-refractivity contribution is 6.11. The van der Waals surface area contributed by atoms with E-state index in [9.17, 15) is 4.79 Å². The second-order valence-corrected chi connectivity index (χ2v) is 6.07. The number of methoxy groups -OCH3 is 1. The largest absolute Gasteiger partial charge is 0.497 e. The van der Waals surface area contributed by atoms with E-state index in [4.69, 9.17) is 9.47 Å². The lowest BCUT2D eigenvalue weighted by molar-refractivity contribution is 0.102. The van der Waals surface area contributed by atoms with Crippen LogP contribution in [0.15, 0.2) is 59.7 Å². The van der Waals surface area contributed by atoms with Crippen LogP contribution in [-0.4, -0.2) is 19.5 Å². The Balaban J connectivity index is 1.65. The molecule has 0 aromatic heterocycles.